The lowest BCUT2D eigenvalue weighted by atomic mass is 10.0. The molecule has 0 atom stereocenters. The Morgan fingerprint density at radius 2 is 1.88 bits per heavy atom. The van der Waals surface area contributed by atoms with Crippen LogP contribution in [0.1, 0.15) is 32.8 Å². The van der Waals surface area contributed by atoms with E-state index in [-0.39, 0.29) is 5.54 Å². The molecule has 1 aliphatic rings. The third kappa shape index (κ3) is 5.25. The van der Waals surface area contributed by atoms with E-state index in [2.05, 4.69) is 82.9 Å². The van der Waals surface area contributed by atoms with Crippen molar-refractivity contribution < 1.29 is 4.74 Å². The Balaban J connectivity index is 1.61. The van der Waals surface area contributed by atoms with Gasteiger partial charge in [0.25, 0.3) is 0 Å². The van der Waals surface area contributed by atoms with Gasteiger partial charge in [0.05, 0.1) is 30.7 Å². The molecule has 1 saturated heterocycles. The number of hydrogen-bond donors (Lipinski definition) is 1. The maximum Gasteiger partial charge on any atom is 0.146 e. The first-order valence-electron chi connectivity index (χ1n) is 11.8. The summed E-state index contributed by atoms with van der Waals surface area (Å²) in [4.78, 5) is 16.6. The summed E-state index contributed by atoms with van der Waals surface area (Å²) < 4.78 is 7.71. The zero-order chi connectivity index (χ0) is 23.4. The molecule has 1 aromatic carbocycles. The number of nitrogens with one attached hydrogen (secondary N) is 1. The Morgan fingerprint density at radius 1 is 1.15 bits per heavy atom. The molecule has 0 saturated carbocycles. The van der Waals surface area contributed by atoms with Crippen LogP contribution in [-0.4, -0.2) is 71.6 Å². The quantitative estimate of drug-likeness (QED) is 0.519. The lowest BCUT2D eigenvalue weighted by Gasteiger charge is -2.27. The number of anilines is 1. The summed E-state index contributed by atoms with van der Waals surface area (Å²) in [5.74, 6) is 0.843. The Morgan fingerprint density at radius 3 is 2.58 bits per heavy atom. The van der Waals surface area contributed by atoms with E-state index in [0.29, 0.717) is 6.54 Å². The van der Waals surface area contributed by atoms with Crippen LogP contribution in [-0.2, 0) is 10.3 Å². The molecule has 33 heavy (non-hydrogen) atoms. The highest BCUT2D eigenvalue weighted by Gasteiger charge is 2.26. The van der Waals surface area contributed by atoms with Gasteiger partial charge in [-0.25, -0.2) is 9.97 Å². The van der Waals surface area contributed by atoms with Crippen LogP contribution in [0.2, 0.25) is 0 Å². The molecule has 1 fully saturated rings. The number of aryl methyl sites for hydroxylation is 1. The highest BCUT2D eigenvalue weighted by molar-refractivity contribution is 6.01. The third-order valence-electron chi connectivity index (χ3n) is 6.46. The van der Waals surface area contributed by atoms with E-state index in [9.17, 15) is 0 Å². The van der Waals surface area contributed by atoms with Gasteiger partial charge in [0.2, 0.25) is 0 Å². The Bertz CT molecular complexity index is 1110. The smallest absolute Gasteiger partial charge is 0.146 e. The van der Waals surface area contributed by atoms with Crippen molar-refractivity contribution in [3.63, 3.8) is 0 Å². The number of nitrogens with zero attached hydrogens (tertiary/aromatic N) is 5. The second-order valence-corrected chi connectivity index (χ2v) is 9.52. The van der Waals surface area contributed by atoms with Gasteiger partial charge in [0.15, 0.2) is 0 Å². The number of benzene rings is 1. The van der Waals surface area contributed by atoms with Crippen LogP contribution in [0.4, 0.5) is 5.82 Å². The molecule has 0 bridgehead atoms. The molecule has 7 heteroatoms. The van der Waals surface area contributed by atoms with E-state index in [1.807, 2.05) is 7.05 Å². The number of rotatable bonds is 8. The summed E-state index contributed by atoms with van der Waals surface area (Å²) in [5, 5.41) is 4.30. The number of fused-ring (bicyclic) bond motifs is 1. The number of aliphatic imine (C=N–C) groups is 1. The average molecular weight is 449 g/mol. The molecule has 3 heterocycles. The summed E-state index contributed by atoms with van der Waals surface area (Å²) in [6, 6.07) is 8.63. The van der Waals surface area contributed by atoms with Crippen molar-refractivity contribution in [3.8, 4) is 11.1 Å². The molecular weight excluding hydrogens is 412 g/mol. The van der Waals surface area contributed by atoms with Crippen molar-refractivity contribution in [2.45, 2.75) is 39.7 Å². The fourth-order valence-electron chi connectivity index (χ4n) is 4.29. The largest absolute Gasteiger partial charge is 0.379 e. The minimum Gasteiger partial charge on any atom is -0.379 e. The van der Waals surface area contributed by atoms with Crippen LogP contribution in [0.25, 0.3) is 22.2 Å². The van der Waals surface area contributed by atoms with Gasteiger partial charge in [0, 0.05) is 44.2 Å². The molecule has 3 aromatic rings. The third-order valence-corrected chi connectivity index (χ3v) is 6.46. The zero-order valence-electron chi connectivity index (χ0n) is 20.6. The summed E-state index contributed by atoms with van der Waals surface area (Å²) in [6.45, 7) is 14.2. The van der Waals surface area contributed by atoms with Crippen LogP contribution in [0.3, 0.4) is 0 Å². The second kappa shape index (κ2) is 10.0. The molecule has 0 unspecified atom stereocenters. The molecule has 0 aliphatic carbocycles. The summed E-state index contributed by atoms with van der Waals surface area (Å²) >= 11 is 0. The normalized spacial score (nSPS) is 15.8. The number of morpholine rings is 1. The molecule has 7 nitrogen and oxygen atoms in total. The van der Waals surface area contributed by atoms with Gasteiger partial charge in [-0.2, -0.15) is 0 Å². The lowest BCUT2D eigenvalue weighted by molar-refractivity contribution is 0.0392. The Labute approximate surface area is 196 Å². The van der Waals surface area contributed by atoms with E-state index in [0.717, 1.165) is 67.2 Å². The van der Waals surface area contributed by atoms with Gasteiger partial charge in [-0.15, -0.1) is 0 Å². The monoisotopic (exact) mass is 448 g/mol. The zero-order valence-corrected chi connectivity index (χ0v) is 20.6. The average Bonchev–Trinajstić information content (AvgIpc) is 3.23. The topological polar surface area (TPSA) is 67.6 Å². The Hall–Kier alpha value is -2.77. The first-order chi connectivity index (χ1) is 15.9. The van der Waals surface area contributed by atoms with E-state index in [4.69, 9.17) is 9.73 Å². The molecule has 0 spiro atoms. The van der Waals surface area contributed by atoms with Crippen LogP contribution in [0.5, 0.6) is 0 Å². The first-order valence-corrected chi connectivity index (χ1v) is 11.8. The van der Waals surface area contributed by atoms with Gasteiger partial charge in [0.1, 0.15) is 17.8 Å². The van der Waals surface area contributed by atoms with Crippen molar-refractivity contribution in [3.05, 3.63) is 42.4 Å². The van der Waals surface area contributed by atoms with Crippen LogP contribution >= 0.6 is 0 Å². The number of hydrogen-bond acceptors (Lipinski definition) is 6. The fourth-order valence-corrected chi connectivity index (χ4v) is 4.29. The van der Waals surface area contributed by atoms with Crippen molar-refractivity contribution in [2.24, 2.45) is 4.99 Å². The van der Waals surface area contributed by atoms with E-state index >= 15 is 0 Å². The molecular formula is C26H36N6O. The van der Waals surface area contributed by atoms with Crippen molar-refractivity contribution in [2.75, 3.05) is 51.8 Å². The Kier molecular flexibility index (Phi) is 7.10. The van der Waals surface area contributed by atoms with Crippen LogP contribution in [0, 0.1) is 6.92 Å². The van der Waals surface area contributed by atoms with Crippen molar-refractivity contribution >= 4 is 22.6 Å². The highest BCUT2D eigenvalue weighted by atomic mass is 16.5. The maximum atomic E-state index is 5.45. The molecule has 0 radical (unpaired) electrons. The molecule has 1 aliphatic heterocycles. The molecule has 2 aromatic heterocycles. The van der Waals surface area contributed by atoms with Gasteiger partial charge in [-0.1, -0.05) is 29.8 Å². The molecule has 1 N–H and O–H groups in total. The van der Waals surface area contributed by atoms with E-state index in [1.54, 1.807) is 6.33 Å². The van der Waals surface area contributed by atoms with Crippen molar-refractivity contribution in [1.29, 1.82) is 0 Å². The van der Waals surface area contributed by atoms with Gasteiger partial charge >= 0.3 is 0 Å². The minimum absolute atomic E-state index is 0.235. The summed E-state index contributed by atoms with van der Waals surface area (Å²) in [5.41, 5.74) is 5.43. The van der Waals surface area contributed by atoms with Crippen LogP contribution in [0.15, 0.2) is 41.8 Å². The lowest BCUT2D eigenvalue weighted by Crippen LogP contribution is -2.37. The van der Waals surface area contributed by atoms with E-state index in [1.165, 1.54) is 11.3 Å². The van der Waals surface area contributed by atoms with Gasteiger partial charge < -0.3 is 14.6 Å². The van der Waals surface area contributed by atoms with Gasteiger partial charge in [-0.05, 0) is 39.7 Å². The molecule has 4 rings (SSSR count). The predicted octanol–water partition coefficient (Wildman–Crippen LogP) is 4.37. The van der Waals surface area contributed by atoms with Crippen molar-refractivity contribution in [1.82, 2.24) is 19.4 Å². The maximum absolute atomic E-state index is 5.45. The fraction of sp³-hybridized carbons (Fsp3) is 0.500. The number of ether oxygens (including phenoxy) is 1. The SMILES string of the molecule is CNc1ncnc2c1c(-c1ccc(C)cc1)cn2C(C)(C)CN=C(C)CCN1CCOCC1. The molecule has 176 valence electrons. The number of aromatic nitrogens is 3. The predicted molar refractivity (Wildman–Crippen MR) is 136 cm³/mol. The first kappa shape index (κ1) is 23.4. The van der Waals surface area contributed by atoms with E-state index < -0.39 is 0 Å². The second-order valence-electron chi connectivity index (χ2n) is 9.52. The summed E-state index contributed by atoms with van der Waals surface area (Å²) in [6.07, 6.45) is 4.84. The molecule has 0 amide bonds. The summed E-state index contributed by atoms with van der Waals surface area (Å²) in [7, 11) is 1.91. The minimum atomic E-state index is -0.235. The standard InChI is InChI=1S/C26H36N6O/c1-19-6-8-21(9-7-19)22-16-32(25-23(22)24(27-5)29-18-30-25)26(3,4)17-28-20(2)10-11-31-12-14-33-15-13-31/h6-9,16,18H,10-15,17H2,1-5H3,(H,27,29,30). The van der Waals surface area contributed by atoms with Crippen LogP contribution < -0.4 is 5.32 Å². The van der Waals surface area contributed by atoms with Gasteiger partial charge in [-0.3, -0.25) is 9.89 Å². The highest BCUT2D eigenvalue weighted by Crippen LogP contribution is 2.36.